The van der Waals surface area contributed by atoms with E-state index in [1.165, 1.54) is 6.07 Å². The highest BCUT2D eigenvalue weighted by Gasteiger charge is 2.35. The third kappa shape index (κ3) is 5.14. The summed E-state index contributed by atoms with van der Waals surface area (Å²) >= 11 is 0. The second-order valence-electron chi connectivity index (χ2n) is 13.1. The Morgan fingerprint density at radius 3 is 2.51 bits per heavy atom. The van der Waals surface area contributed by atoms with Crippen molar-refractivity contribution in [1.82, 2.24) is 19.7 Å². The molecule has 1 N–H and O–H groups in total. The van der Waals surface area contributed by atoms with Crippen LogP contribution in [-0.4, -0.2) is 84.3 Å². The first-order valence-corrected chi connectivity index (χ1v) is 15.3. The van der Waals surface area contributed by atoms with Crippen LogP contribution < -0.4 is 20.4 Å². The zero-order chi connectivity index (χ0) is 31.6. The summed E-state index contributed by atoms with van der Waals surface area (Å²) in [4.78, 5) is 45.8. The molecule has 0 saturated carbocycles. The van der Waals surface area contributed by atoms with Crippen LogP contribution in [0.1, 0.15) is 37.6 Å². The van der Waals surface area contributed by atoms with Crippen molar-refractivity contribution in [3.63, 3.8) is 0 Å². The molecule has 0 aliphatic carbocycles. The van der Waals surface area contributed by atoms with Crippen molar-refractivity contribution in [2.24, 2.45) is 0 Å². The predicted octanol–water partition coefficient (Wildman–Crippen LogP) is 4.88. The van der Waals surface area contributed by atoms with Gasteiger partial charge in [-0.15, -0.1) is 0 Å². The van der Waals surface area contributed by atoms with Gasteiger partial charge in [0.25, 0.3) is 5.91 Å². The molecule has 4 heterocycles. The number of ether oxygens (including phenoxy) is 2. The minimum absolute atomic E-state index is 0.00559. The summed E-state index contributed by atoms with van der Waals surface area (Å²) in [7, 11) is 2.00. The number of rotatable bonds is 3. The molecule has 0 bridgehead atoms. The summed E-state index contributed by atoms with van der Waals surface area (Å²) < 4.78 is 30.1. The maximum absolute atomic E-state index is 16.3. The molecule has 10 nitrogen and oxygen atoms in total. The minimum Gasteiger partial charge on any atom is -0.450 e. The van der Waals surface area contributed by atoms with Crippen LogP contribution in [-0.2, 0) is 4.74 Å². The molecule has 0 spiro atoms. The monoisotopic (exact) mass is 613 g/mol. The lowest BCUT2D eigenvalue weighted by Crippen LogP contribution is -2.48. The summed E-state index contributed by atoms with van der Waals surface area (Å²) in [6, 6.07) is 12.6. The van der Waals surface area contributed by atoms with Gasteiger partial charge in [0, 0.05) is 50.9 Å². The fourth-order valence-electron chi connectivity index (χ4n) is 6.52. The summed E-state index contributed by atoms with van der Waals surface area (Å²) in [5.74, 6) is -0.276. The number of piperazine rings is 1. The molecule has 0 radical (unpaired) electrons. The summed E-state index contributed by atoms with van der Waals surface area (Å²) in [5.41, 5.74) is 0.0834. The smallest absolute Gasteiger partial charge is 0.407 e. The second kappa shape index (κ2) is 10.8. The highest BCUT2D eigenvalue weighted by Crippen LogP contribution is 2.49. The lowest BCUT2D eigenvalue weighted by Gasteiger charge is -2.33. The van der Waals surface area contributed by atoms with Gasteiger partial charge in [0.05, 0.1) is 17.1 Å². The molecule has 234 valence electrons. The minimum atomic E-state index is -0.644. The average Bonchev–Trinajstić information content (AvgIpc) is 3.44. The number of carbonyl (C=O) groups excluding carboxylic acids is 2. The van der Waals surface area contributed by atoms with Gasteiger partial charge in [-0.1, -0.05) is 30.3 Å². The summed E-state index contributed by atoms with van der Waals surface area (Å²) in [6.07, 6.45) is 1.63. The molecule has 3 aliphatic rings. The van der Waals surface area contributed by atoms with Crippen molar-refractivity contribution in [3.8, 4) is 17.2 Å². The van der Waals surface area contributed by atoms with Gasteiger partial charge in [0.15, 0.2) is 17.3 Å². The van der Waals surface area contributed by atoms with Gasteiger partial charge >= 0.3 is 6.09 Å². The number of hydrogen-bond donors (Lipinski definition) is 1. The molecule has 1 aromatic heterocycles. The quantitative estimate of drug-likeness (QED) is 0.310. The fourth-order valence-corrected chi connectivity index (χ4v) is 6.52. The predicted molar refractivity (Wildman–Crippen MR) is 170 cm³/mol. The molecule has 45 heavy (non-hydrogen) atoms. The van der Waals surface area contributed by atoms with E-state index in [1.54, 1.807) is 36.4 Å². The number of likely N-dealkylation sites (N-methyl/N-ethyl adjacent to an activating group) is 1. The SMILES string of the molecule is CN1CCN(C(=O)c2cn3c4c(c(N5CC[C@@H](NC(=O)OC(C)(C)C)C5)c(F)cc4c2=O)Oc2c-3ccc3ccccc23)CC1. The molecule has 2 saturated heterocycles. The van der Waals surface area contributed by atoms with E-state index in [0.29, 0.717) is 62.6 Å². The number of nitrogens with one attached hydrogen (secondary N) is 1. The van der Waals surface area contributed by atoms with E-state index in [2.05, 4.69) is 10.2 Å². The van der Waals surface area contributed by atoms with Crippen molar-refractivity contribution in [3.05, 3.63) is 70.3 Å². The van der Waals surface area contributed by atoms with E-state index < -0.39 is 22.9 Å². The standard InChI is InChI=1S/C34H36FN5O5/c1-34(2,3)45-33(43)36-21-11-12-39(18-21)28-25(35)17-23-27-31(28)44-30-22-8-6-5-7-20(22)9-10-26(30)40(27)19-24(29(23)41)32(42)38-15-13-37(4)14-16-38/h5-10,17,19,21H,11-16,18H2,1-4H3,(H,36,43)/t21-/m1/s1. The number of fused-ring (bicyclic) bond motifs is 4. The van der Waals surface area contributed by atoms with E-state index in [0.717, 1.165) is 10.8 Å². The van der Waals surface area contributed by atoms with Gasteiger partial charge in [-0.2, -0.15) is 0 Å². The van der Waals surface area contributed by atoms with Gasteiger partial charge in [-0.25, -0.2) is 9.18 Å². The normalized spacial score (nSPS) is 18.2. The zero-order valence-corrected chi connectivity index (χ0v) is 25.9. The molecule has 2 amide bonds. The van der Waals surface area contributed by atoms with Gasteiger partial charge in [0.2, 0.25) is 5.43 Å². The van der Waals surface area contributed by atoms with Gasteiger partial charge in [-0.3, -0.25) is 9.59 Å². The lowest BCUT2D eigenvalue weighted by atomic mass is 10.0. The number of aromatic nitrogens is 1. The topological polar surface area (TPSA) is 96.4 Å². The number of nitrogens with zero attached hydrogens (tertiary/aromatic N) is 4. The van der Waals surface area contributed by atoms with Crippen LogP contribution in [0, 0.1) is 5.82 Å². The number of benzene rings is 3. The Bertz CT molecular complexity index is 1920. The molecule has 3 aromatic carbocycles. The molecule has 0 unspecified atom stereocenters. The van der Waals surface area contributed by atoms with Crippen molar-refractivity contribution in [2.45, 2.75) is 38.8 Å². The highest BCUT2D eigenvalue weighted by molar-refractivity contribution is 6.03. The van der Waals surface area contributed by atoms with Gasteiger partial charge in [0.1, 0.15) is 22.4 Å². The van der Waals surface area contributed by atoms with Crippen molar-refractivity contribution >= 4 is 39.4 Å². The first kappa shape index (κ1) is 29.1. The first-order valence-electron chi connectivity index (χ1n) is 15.3. The van der Waals surface area contributed by atoms with E-state index in [9.17, 15) is 14.4 Å². The number of hydrogen-bond acceptors (Lipinski definition) is 7. The number of carbonyl (C=O) groups is 2. The molecular formula is C34H36FN5O5. The Morgan fingerprint density at radius 1 is 1.00 bits per heavy atom. The van der Waals surface area contributed by atoms with E-state index >= 15 is 4.39 Å². The number of pyridine rings is 1. The zero-order valence-electron chi connectivity index (χ0n) is 25.9. The molecule has 11 heteroatoms. The van der Waals surface area contributed by atoms with Gasteiger partial charge < -0.3 is 34.1 Å². The Kier molecular flexibility index (Phi) is 6.96. The third-order valence-corrected chi connectivity index (χ3v) is 8.74. The molecule has 4 aromatic rings. The summed E-state index contributed by atoms with van der Waals surface area (Å²) in [5, 5.41) is 4.72. The summed E-state index contributed by atoms with van der Waals surface area (Å²) in [6.45, 7) is 8.58. The maximum Gasteiger partial charge on any atom is 0.407 e. The Hall–Kier alpha value is -4.64. The third-order valence-electron chi connectivity index (χ3n) is 8.74. The number of alkyl carbamates (subject to hydrolysis) is 1. The molecule has 1 atom stereocenters. The van der Waals surface area contributed by atoms with Crippen molar-refractivity contribution in [1.29, 1.82) is 0 Å². The molecule has 7 rings (SSSR count). The average molecular weight is 614 g/mol. The van der Waals surface area contributed by atoms with E-state index in [-0.39, 0.29) is 34.3 Å². The van der Waals surface area contributed by atoms with E-state index in [4.69, 9.17) is 9.47 Å². The highest BCUT2D eigenvalue weighted by atomic mass is 19.1. The van der Waals surface area contributed by atoms with Crippen LogP contribution >= 0.6 is 0 Å². The van der Waals surface area contributed by atoms with Crippen molar-refractivity contribution < 1.29 is 23.5 Å². The van der Waals surface area contributed by atoms with Gasteiger partial charge in [-0.05, 0) is 51.8 Å². The van der Waals surface area contributed by atoms with Crippen LogP contribution in [0.15, 0.2) is 53.5 Å². The Morgan fingerprint density at radius 2 is 1.76 bits per heavy atom. The largest absolute Gasteiger partial charge is 0.450 e. The number of anilines is 1. The van der Waals surface area contributed by atoms with Crippen LogP contribution in [0.5, 0.6) is 11.5 Å². The Labute approximate surface area is 259 Å². The fraction of sp³-hybridized carbons (Fsp3) is 0.382. The molecule has 3 aliphatic heterocycles. The first-order chi connectivity index (χ1) is 21.5. The number of halogens is 1. The van der Waals surface area contributed by atoms with E-state index in [1.807, 2.05) is 48.3 Å². The molecular weight excluding hydrogens is 577 g/mol. The van der Waals surface area contributed by atoms with Crippen molar-refractivity contribution in [2.75, 3.05) is 51.2 Å². The van der Waals surface area contributed by atoms with Crippen LogP contribution in [0.4, 0.5) is 14.9 Å². The second-order valence-corrected chi connectivity index (χ2v) is 13.1. The molecule has 2 fully saturated rings. The number of amides is 2. The van der Waals surface area contributed by atoms with Crippen LogP contribution in [0.2, 0.25) is 0 Å². The lowest BCUT2D eigenvalue weighted by molar-refractivity contribution is 0.0508. The van der Waals surface area contributed by atoms with Crippen LogP contribution in [0.3, 0.4) is 0 Å². The maximum atomic E-state index is 16.3. The van der Waals surface area contributed by atoms with Crippen LogP contribution in [0.25, 0.3) is 27.4 Å². The Balaban J connectivity index is 1.36.